The van der Waals surface area contributed by atoms with Gasteiger partial charge in [-0.1, -0.05) is 43.3 Å². The second-order valence-corrected chi connectivity index (χ2v) is 7.87. The molecular formula is C25H20F3N3O4. The molecule has 7 nitrogen and oxygen atoms in total. The summed E-state index contributed by atoms with van der Waals surface area (Å²) in [6, 6.07) is 13.5. The second-order valence-electron chi connectivity index (χ2n) is 7.87. The molecule has 1 aromatic heterocycles. The van der Waals surface area contributed by atoms with E-state index in [1.807, 2.05) is 6.92 Å². The molecule has 1 aliphatic rings. The molecule has 2 aromatic carbocycles. The second kappa shape index (κ2) is 9.21. The van der Waals surface area contributed by atoms with Gasteiger partial charge in [-0.3, -0.25) is 14.5 Å². The Morgan fingerprint density at radius 1 is 1.00 bits per heavy atom. The quantitative estimate of drug-likeness (QED) is 0.316. The summed E-state index contributed by atoms with van der Waals surface area (Å²) >= 11 is 0. The predicted octanol–water partition coefficient (Wildman–Crippen LogP) is 4.87. The number of rotatable bonds is 5. The highest BCUT2D eigenvalue weighted by Crippen LogP contribution is 2.42. The Bertz CT molecular complexity index is 1290. The molecule has 0 aliphatic carbocycles. The van der Waals surface area contributed by atoms with E-state index in [9.17, 15) is 27.9 Å². The highest BCUT2D eigenvalue weighted by atomic mass is 19.4. The van der Waals surface area contributed by atoms with Crippen LogP contribution in [0.2, 0.25) is 0 Å². The number of aliphatic hydroxyl groups excluding tert-OH is 1. The predicted molar refractivity (Wildman–Crippen MR) is 120 cm³/mol. The van der Waals surface area contributed by atoms with Crippen LogP contribution in [0.1, 0.15) is 35.3 Å². The number of amides is 1. The molecule has 0 spiro atoms. The first-order chi connectivity index (χ1) is 16.6. The van der Waals surface area contributed by atoms with Gasteiger partial charge in [0.05, 0.1) is 17.3 Å². The van der Waals surface area contributed by atoms with Crippen LogP contribution in [-0.2, 0) is 16.0 Å². The largest absolute Gasteiger partial charge is 0.573 e. The van der Waals surface area contributed by atoms with E-state index in [-0.39, 0.29) is 17.0 Å². The number of hydrogen-bond donors (Lipinski definition) is 1. The maximum absolute atomic E-state index is 13.1. The van der Waals surface area contributed by atoms with Crippen LogP contribution >= 0.6 is 0 Å². The highest BCUT2D eigenvalue weighted by Gasteiger charge is 2.47. The third kappa shape index (κ3) is 4.86. The number of ether oxygens (including phenoxy) is 1. The zero-order valence-electron chi connectivity index (χ0n) is 18.7. The number of carbonyl (C=O) groups excluding carboxylic acids is 2. The first kappa shape index (κ1) is 23.9. The average Bonchev–Trinajstić information content (AvgIpc) is 3.09. The summed E-state index contributed by atoms with van der Waals surface area (Å²) in [5, 5.41) is 19.0. The zero-order valence-corrected chi connectivity index (χ0v) is 18.7. The molecule has 0 saturated carbocycles. The number of aromatic nitrogens is 2. The Hall–Kier alpha value is -4.21. The monoisotopic (exact) mass is 483 g/mol. The van der Waals surface area contributed by atoms with Crippen molar-refractivity contribution in [3.8, 4) is 5.75 Å². The van der Waals surface area contributed by atoms with Gasteiger partial charge in [-0.25, -0.2) is 0 Å². The molecule has 1 saturated heterocycles. The van der Waals surface area contributed by atoms with Gasteiger partial charge < -0.3 is 9.84 Å². The number of aliphatic hydroxyl groups is 1. The van der Waals surface area contributed by atoms with Crippen molar-refractivity contribution in [3.63, 3.8) is 0 Å². The molecule has 1 fully saturated rings. The van der Waals surface area contributed by atoms with Crippen molar-refractivity contribution in [1.29, 1.82) is 0 Å². The maximum atomic E-state index is 13.1. The number of anilines is 1. The fourth-order valence-corrected chi connectivity index (χ4v) is 3.81. The van der Waals surface area contributed by atoms with Crippen LogP contribution in [0.3, 0.4) is 0 Å². The molecule has 2 heterocycles. The minimum absolute atomic E-state index is 0.0544. The molecule has 1 unspecified atom stereocenters. The number of ketones is 1. The third-order valence-corrected chi connectivity index (χ3v) is 5.54. The Morgan fingerprint density at radius 2 is 1.66 bits per heavy atom. The van der Waals surface area contributed by atoms with E-state index in [4.69, 9.17) is 0 Å². The summed E-state index contributed by atoms with van der Waals surface area (Å²) in [6.07, 6.45) is -4.11. The Balaban J connectivity index is 1.86. The number of Topliss-reactive ketones (excluding diaryl/α,β-unsaturated/α-hetero) is 1. The number of halogens is 3. The van der Waals surface area contributed by atoms with E-state index >= 15 is 0 Å². The van der Waals surface area contributed by atoms with E-state index in [1.165, 1.54) is 18.2 Å². The van der Waals surface area contributed by atoms with Crippen LogP contribution in [-0.4, -0.2) is 33.4 Å². The molecule has 35 heavy (non-hydrogen) atoms. The standard InChI is InChI=1S/C25H20F3N3O4/c1-3-15-5-7-17(8-6-15)22(32)20-21(16-9-11-18(12-10-16)35-25(26,27)28)31(24(34)23(20)33)19-13-4-14(2)29-30-19/h4-13,21,32H,3H2,1-2H3. The number of hydrogen-bond acceptors (Lipinski definition) is 6. The lowest BCUT2D eigenvalue weighted by Gasteiger charge is -2.24. The Kier molecular flexibility index (Phi) is 6.29. The van der Waals surface area contributed by atoms with Gasteiger partial charge in [-0.15, -0.1) is 18.3 Å². The van der Waals surface area contributed by atoms with Crippen molar-refractivity contribution in [3.05, 3.63) is 88.6 Å². The number of alkyl halides is 3. The van der Waals surface area contributed by atoms with Crippen molar-refractivity contribution in [2.45, 2.75) is 32.7 Å². The van der Waals surface area contributed by atoms with Crippen molar-refractivity contribution < 1.29 is 32.6 Å². The molecule has 0 radical (unpaired) electrons. The molecule has 1 N–H and O–H groups in total. The van der Waals surface area contributed by atoms with Gasteiger partial charge in [0.2, 0.25) is 0 Å². The summed E-state index contributed by atoms with van der Waals surface area (Å²) in [5.41, 5.74) is 1.96. The summed E-state index contributed by atoms with van der Waals surface area (Å²) in [5.74, 6) is -2.73. The molecule has 1 amide bonds. The van der Waals surface area contributed by atoms with Crippen molar-refractivity contribution in [2.24, 2.45) is 0 Å². The van der Waals surface area contributed by atoms with Gasteiger partial charge in [0, 0.05) is 5.56 Å². The lowest BCUT2D eigenvalue weighted by Crippen LogP contribution is -2.30. The molecule has 10 heteroatoms. The van der Waals surface area contributed by atoms with Crippen LogP contribution < -0.4 is 9.64 Å². The molecule has 3 aromatic rings. The first-order valence-electron chi connectivity index (χ1n) is 10.7. The Labute approximate surface area is 198 Å². The van der Waals surface area contributed by atoms with Crippen LogP contribution in [0, 0.1) is 6.92 Å². The average molecular weight is 483 g/mol. The van der Waals surface area contributed by atoms with Crippen molar-refractivity contribution in [1.82, 2.24) is 10.2 Å². The fraction of sp³-hybridized carbons (Fsp3) is 0.200. The van der Waals surface area contributed by atoms with E-state index < -0.39 is 35.6 Å². The minimum atomic E-state index is -4.88. The number of aryl methyl sites for hydroxylation is 2. The van der Waals surface area contributed by atoms with E-state index in [0.717, 1.165) is 29.0 Å². The first-order valence-corrected chi connectivity index (χ1v) is 10.7. The minimum Gasteiger partial charge on any atom is -0.507 e. The SMILES string of the molecule is CCc1ccc(C(O)=C2C(=O)C(=O)N(c3ccc(C)nn3)C2c2ccc(OC(F)(F)F)cc2)cc1. The summed E-state index contributed by atoms with van der Waals surface area (Å²) < 4.78 is 41.7. The van der Waals surface area contributed by atoms with Gasteiger partial charge in [-0.2, -0.15) is 5.10 Å². The van der Waals surface area contributed by atoms with Crippen LogP contribution in [0.25, 0.3) is 5.76 Å². The van der Waals surface area contributed by atoms with Gasteiger partial charge in [0.15, 0.2) is 5.82 Å². The van der Waals surface area contributed by atoms with Crippen LogP contribution in [0.5, 0.6) is 5.75 Å². The topological polar surface area (TPSA) is 92.6 Å². The lowest BCUT2D eigenvalue weighted by molar-refractivity contribution is -0.274. The summed E-state index contributed by atoms with van der Waals surface area (Å²) in [7, 11) is 0. The molecule has 180 valence electrons. The highest BCUT2D eigenvalue weighted by molar-refractivity contribution is 6.51. The molecule has 4 rings (SSSR count). The lowest BCUT2D eigenvalue weighted by atomic mass is 9.95. The number of benzene rings is 2. The molecular weight excluding hydrogens is 463 g/mol. The van der Waals surface area contributed by atoms with E-state index in [0.29, 0.717) is 11.3 Å². The number of nitrogens with zero attached hydrogens (tertiary/aromatic N) is 3. The smallest absolute Gasteiger partial charge is 0.507 e. The Morgan fingerprint density at radius 3 is 2.20 bits per heavy atom. The van der Waals surface area contributed by atoms with E-state index in [2.05, 4.69) is 14.9 Å². The van der Waals surface area contributed by atoms with Gasteiger partial charge >= 0.3 is 12.3 Å². The molecule has 1 aliphatic heterocycles. The van der Waals surface area contributed by atoms with Gasteiger partial charge in [-0.05, 0) is 48.7 Å². The van der Waals surface area contributed by atoms with Gasteiger partial charge in [0.25, 0.3) is 5.78 Å². The molecule has 1 atom stereocenters. The normalized spacial score (nSPS) is 17.6. The summed E-state index contributed by atoms with van der Waals surface area (Å²) in [4.78, 5) is 27.2. The van der Waals surface area contributed by atoms with Crippen molar-refractivity contribution >= 4 is 23.3 Å². The fourth-order valence-electron chi connectivity index (χ4n) is 3.81. The van der Waals surface area contributed by atoms with Gasteiger partial charge in [0.1, 0.15) is 11.5 Å². The van der Waals surface area contributed by atoms with E-state index in [1.54, 1.807) is 37.3 Å². The van der Waals surface area contributed by atoms with Crippen molar-refractivity contribution in [2.75, 3.05) is 4.90 Å². The maximum Gasteiger partial charge on any atom is 0.573 e. The zero-order chi connectivity index (χ0) is 25.3. The summed E-state index contributed by atoms with van der Waals surface area (Å²) in [6.45, 7) is 3.66. The van der Waals surface area contributed by atoms with Crippen LogP contribution in [0.15, 0.2) is 66.2 Å². The number of carbonyl (C=O) groups is 2. The third-order valence-electron chi connectivity index (χ3n) is 5.54. The van der Waals surface area contributed by atoms with Crippen LogP contribution in [0.4, 0.5) is 19.0 Å². The molecule has 0 bridgehead atoms.